The van der Waals surface area contributed by atoms with E-state index in [1.54, 1.807) is 14.0 Å². The summed E-state index contributed by atoms with van der Waals surface area (Å²) in [7, 11) is 1.61. The van der Waals surface area contributed by atoms with Gasteiger partial charge >= 0.3 is 5.97 Å². The summed E-state index contributed by atoms with van der Waals surface area (Å²) in [6, 6.07) is 15.2. The first-order valence-corrected chi connectivity index (χ1v) is 10.3. The molecule has 0 saturated carbocycles. The molecule has 0 spiro atoms. The molecule has 3 aromatic rings. The molecule has 0 aliphatic rings. The molecule has 0 saturated heterocycles. The van der Waals surface area contributed by atoms with Gasteiger partial charge in [0.25, 0.3) is 0 Å². The Morgan fingerprint density at radius 1 is 1.17 bits per heavy atom. The van der Waals surface area contributed by atoms with Crippen LogP contribution in [0.4, 0.5) is 5.13 Å². The largest absolute Gasteiger partial charge is 0.497 e. The first-order valence-electron chi connectivity index (χ1n) is 9.47. The number of rotatable bonds is 8. The number of hydrogen-bond acceptors (Lipinski definition) is 6. The molecule has 6 nitrogen and oxygen atoms in total. The molecule has 29 heavy (non-hydrogen) atoms. The van der Waals surface area contributed by atoms with Gasteiger partial charge in [0.2, 0.25) is 5.91 Å². The zero-order chi connectivity index (χ0) is 20.8. The quantitative estimate of drug-likeness (QED) is 0.547. The number of hydrogen-bond donors (Lipinski definition) is 1. The number of nitrogens with zero attached hydrogens (tertiary/aromatic N) is 1. The second-order valence-corrected chi connectivity index (χ2v) is 7.69. The van der Waals surface area contributed by atoms with Crippen LogP contribution in [-0.4, -0.2) is 30.6 Å². The predicted molar refractivity (Wildman–Crippen MR) is 114 cm³/mol. The van der Waals surface area contributed by atoms with E-state index in [0.29, 0.717) is 5.13 Å². The zero-order valence-corrected chi connectivity index (χ0v) is 17.5. The second kappa shape index (κ2) is 9.52. The van der Waals surface area contributed by atoms with Crippen LogP contribution in [0.3, 0.4) is 0 Å². The van der Waals surface area contributed by atoms with Gasteiger partial charge in [-0.05, 0) is 36.6 Å². The molecule has 2 atom stereocenters. The molecule has 0 aliphatic carbocycles. The van der Waals surface area contributed by atoms with Gasteiger partial charge in [-0.25, -0.2) is 4.98 Å². The van der Waals surface area contributed by atoms with E-state index in [4.69, 9.17) is 9.47 Å². The number of ether oxygens (including phenoxy) is 2. The summed E-state index contributed by atoms with van der Waals surface area (Å²) < 4.78 is 11.2. The van der Waals surface area contributed by atoms with Crippen molar-refractivity contribution in [1.29, 1.82) is 0 Å². The molecule has 0 aliphatic heterocycles. The van der Waals surface area contributed by atoms with Crippen LogP contribution in [0.1, 0.15) is 31.7 Å². The smallest absolute Gasteiger partial charge is 0.306 e. The number of thiazole rings is 1. The van der Waals surface area contributed by atoms with E-state index < -0.39 is 5.92 Å². The number of aromatic nitrogens is 1. The van der Waals surface area contributed by atoms with E-state index in [1.165, 1.54) is 11.3 Å². The van der Waals surface area contributed by atoms with Crippen molar-refractivity contribution < 1.29 is 19.1 Å². The monoisotopic (exact) mass is 412 g/mol. The number of benzene rings is 2. The van der Waals surface area contributed by atoms with Gasteiger partial charge in [0, 0.05) is 0 Å². The normalized spacial score (nSPS) is 12.9. The third-order valence-electron chi connectivity index (χ3n) is 4.78. The minimum atomic E-state index is -0.571. The molecule has 0 unspecified atom stereocenters. The minimum absolute atomic E-state index is 0.00839. The average molecular weight is 413 g/mol. The minimum Gasteiger partial charge on any atom is -0.497 e. The molecule has 1 amide bonds. The van der Waals surface area contributed by atoms with E-state index in [0.717, 1.165) is 21.5 Å². The average Bonchev–Trinajstić information content (AvgIpc) is 3.13. The van der Waals surface area contributed by atoms with E-state index in [-0.39, 0.29) is 30.8 Å². The number of amides is 1. The number of methoxy groups -OCH3 is 1. The summed E-state index contributed by atoms with van der Waals surface area (Å²) in [5.41, 5.74) is 1.77. The van der Waals surface area contributed by atoms with Crippen LogP contribution in [0.5, 0.6) is 5.75 Å². The van der Waals surface area contributed by atoms with Crippen molar-refractivity contribution in [3.05, 3.63) is 54.1 Å². The molecule has 1 heterocycles. The number of nitrogens with one attached hydrogen (secondary N) is 1. The maximum absolute atomic E-state index is 13.1. The van der Waals surface area contributed by atoms with Crippen LogP contribution in [0.15, 0.2) is 48.5 Å². The van der Waals surface area contributed by atoms with Gasteiger partial charge < -0.3 is 14.8 Å². The summed E-state index contributed by atoms with van der Waals surface area (Å²) in [5, 5.41) is 3.38. The third kappa shape index (κ3) is 5.12. The van der Waals surface area contributed by atoms with Crippen LogP contribution in [-0.2, 0) is 14.3 Å². The Morgan fingerprint density at radius 3 is 2.62 bits per heavy atom. The fourth-order valence-electron chi connectivity index (χ4n) is 3.17. The van der Waals surface area contributed by atoms with Crippen molar-refractivity contribution >= 4 is 38.6 Å². The van der Waals surface area contributed by atoms with Gasteiger partial charge in [-0.1, -0.05) is 48.6 Å². The lowest BCUT2D eigenvalue weighted by atomic mass is 9.84. The van der Waals surface area contributed by atoms with Gasteiger partial charge in [0.1, 0.15) is 5.75 Å². The fraction of sp³-hybridized carbons (Fsp3) is 0.318. The topological polar surface area (TPSA) is 77.5 Å². The maximum atomic E-state index is 13.1. The molecular weight excluding hydrogens is 388 g/mol. The lowest BCUT2D eigenvalue weighted by Crippen LogP contribution is -2.30. The molecule has 3 rings (SSSR count). The van der Waals surface area contributed by atoms with Crippen molar-refractivity contribution in [2.75, 3.05) is 19.0 Å². The predicted octanol–water partition coefficient (Wildman–Crippen LogP) is 4.62. The van der Waals surface area contributed by atoms with Crippen LogP contribution >= 0.6 is 11.3 Å². The van der Waals surface area contributed by atoms with Gasteiger partial charge in [-0.15, -0.1) is 0 Å². The number of esters is 1. The standard InChI is InChI=1S/C22H24N2O4S/c1-4-28-20(25)13-17(14(2)15-8-6-5-7-9-15)21(26)24-22-23-18-11-10-16(27-3)12-19(18)29-22/h5-12,14,17H,4,13H2,1-3H3,(H,23,24,26)/t14-,17-/m1/s1. The third-order valence-corrected chi connectivity index (χ3v) is 5.72. The first-order chi connectivity index (χ1) is 14.0. The van der Waals surface area contributed by atoms with E-state index in [2.05, 4.69) is 10.3 Å². The van der Waals surface area contributed by atoms with Crippen LogP contribution < -0.4 is 10.1 Å². The molecule has 0 fully saturated rings. The molecule has 1 aromatic heterocycles. The Bertz CT molecular complexity index is 987. The molecule has 7 heteroatoms. The number of carbonyl (C=O) groups is 2. The molecule has 1 N–H and O–H groups in total. The second-order valence-electron chi connectivity index (χ2n) is 6.66. The molecule has 0 radical (unpaired) electrons. The van der Waals surface area contributed by atoms with E-state index in [1.807, 2.05) is 55.5 Å². The van der Waals surface area contributed by atoms with Crippen molar-refractivity contribution in [3.63, 3.8) is 0 Å². The Kier molecular flexibility index (Phi) is 6.82. The Morgan fingerprint density at radius 2 is 1.93 bits per heavy atom. The highest BCUT2D eigenvalue weighted by atomic mass is 32.1. The zero-order valence-electron chi connectivity index (χ0n) is 16.7. The Balaban J connectivity index is 1.82. The Hall–Kier alpha value is -2.93. The first kappa shape index (κ1) is 20.8. The summed E-state index contributed by atoms with van der Waals surface area (Å²) in [6.45, 7) is 3.98. The van der Waals surface area contributed by atoms with Crippen molar-refractivity contribution in [1.82, 2.24) is 4.98 Å². The van der Waals surface area contributed by atoms with E-state index >= 15 is 0 Å². The van der Waals surface area contributed by atoms with Crippen molar-refractivity contribution in [2.45, 2.75) is 26.2 Å². The highest BCUT2D eigenvalue weighted by Crippen LogP contribution is 2.32. The number of anilines is 1. The molecule has 0 bridgehead atoms. The summed E-state index contributed by atoms with van der Waals surface area (Å²) in [5.74, 6) is -0.630. The summed E-state index contributed by atoms with van der Waals surface area (Å²) >= 11 is 1.37. The van der Waals surface area contributed by atoms with Crippen molar-refractivity contribution in [2.24, 2.45) is 5.92 Å². The SMILES string of the molecule is CCOC(=O)C[C@@H](C(=O)Nc1nc2ccc(OC)cc2s1)[C@H](C)c1ccccc1. The van der Waals surface area contributed by atoms with Gasteiger partial charge in [0.05, 0.1) is 36.3 Å². The molecule has 152 valence electrons. The van der Waals surface area contributed by atoms with Crippen LogP contribution in [0, 0.1) is 5.92 Å². The van der Waals surface area contributed by atoms with Gasteiger partial charge in [-0.2, -0.15) is 0 Å². The van der Waals surface area contributed by atoms with Crippen molar-refractivity contribution in [3.8, 4) is 5.75 Å². The summed E-state index contributed by atoms with van der Waals surface area (Å²) in [4.78, 5) is 29.7. The van der Waals surface area contributed by atoms with E-state index in [9.17, 15) is 9.59 Å². The highest BCUT2D eigenvalue weighted by molar-refractivity contribution is 7.22. The Labute approximate surface area is 173 Å². The fourth-order valence-corrected chi connectivity index (χ4v) is 4.07. The van der Waals surface area contributed by atoms with Gasteiger partial charge in [-0.3, -0.25) is 9.59 Å². The highest BCUT2D eigenvalue weighted by Gasteiger charge is 2.30. The lowest BCUT2D eigenvalue weighted by molar-refractivity contribution is -0.146. The molecule has 2 aromatic carbocycles. The van der Waals surface area contributed by atoms with Crippen LogP contribution in [0.25, 0.3) is 10.2 Å². The number of fused-ring (bicyclic) bond motifs is 1. The van der Waals surface area contributed by atoms with Crippen LogP contribution in [0.2, 0.25) is 0 Å². The maximum Gasteiger partial charge on any atom is 0.306 e. The lowest BCUT2D eigenvalue weighted by Gasteiger charge is -2.22. The number of carbonyl (C=O) groups excluding carboxylic acids is 2. The van der Waals surface area contributed by atoms with Gasteiger partial charge in [0.15, 0.2) is 5.13 Å². The summed E-state index contributed by atoms with van der Waals surface area (Å²) in [6.07, 6.45) is 0.00839. The molecular formula is C22H24N2O4S.